The van der Waals surface area contributed by atoms with Crippen molar-refractivity contribution in [2.75, 3.05) is 11.2 Å². The third-order valence-corrected chi connectivity index (χ3v) is 4.26. The third-order valence-electron chi connectivity index (χ3n) is 4.26. The average Bonchev–Trinajstić information content (AvgIpc) is 3.02. The second-order valence-corrected chi connectivity index (χ2v) is 6.26. The van der Waals surface area contributed by atoms with Crippen molar-refractivity contribution in [2.24, 2.45) is 4.99 Å². The van der Waals surface area contributed by atoms with E-state index in [1.165, 1.54) is 4.79 Å². The van der Waals surface area contributed by atoms with Crippen LogP contribution in [-0.2, 0) is 6.54 Å². The van der Waals surface area contributed by atoms with Gasteiger partial charge in [0, 0.05) is 23.5 Å². The van der Waals surface area contributed by atoms with Crippen LogP contribution in [-0.4, -0.2) is 20.6 Å². The fraction of sp³-hybridized carbons (Fsp3) is 0.136. The van der Waals surface area contributed by atoms with Crippen molar-refractivity contribution in [3.05, 3.63) is 84.5 Å². The lowest BCUT2D eigenvalue weighted by Gasteiger charge is -2.10. The maximum absolute atomic E-state index is 6.06. The van der Waals surface area contributed by atoms with Crippen LogP contribution < -0.4 is 11.2 Å². The molecule has 2 aromatic heterocycles. The van der Waals surface area contributed by atoms with Crippen LogP contribution in [0.25, 0.3) is 17.0 Å². The molecule has 0 spiro atoms. The predicted octanol–water partition coefficient (Wildman–Crippen LogP) is 4.24. The van der Waals surface area contributed by atoms with Gasteiger partial charge in [0.15, 0.2) is 0 Å². The predicted molar refractivity (Wildman–Crippen MR) is 118 cm³/mol. The molecule has 3 aromatic rings. The summed E-state index contributed by atoms with van der Waals surface area (Å²) in [5, 5.41) is 8.85. The van der Waals surface area contributed by atoms with Crippen LogP contribution in [0.1, 0.15) is 23.9 Å². The highest BCUT2D eigenvalue weighted by Gasteiger charge is 2.10. The van der Waals surface area contributed by atoms with Crippen molar-refractivity contribution in [3.8, 4) is 0 Å². The Hall–Kier alpha value is -3.67. The highest BCUT2D eigenvalue weighted by molar-refractivity contribution is 6.07. The summed E-state index contributed by atoms with van der Waals surface area (Å²) in [6.45, 7) is 8.39. The highest BCUT2D eigenvalue weighted by Crippen LogP contribution is 2.26. The maximum Gasteiger partial charge on any atom is 0.0952 e. The van der Waals surface area contributed by atoms with Gasteiger partial charge < -0.3 is 11.2 Å². The number of aryl methyl sites for hydroxylation is 1. The summed E-state index contributed by atoms with van der Waals surface area (Å²) >= 11 is 0. The van der Waals surface area contributed by atoms with Gasteiger partial charge in [-0.2, -0.15) is 9.89 Å². The molecule has 6 heteroatoms. The van der Waals surface area contributed by atoms with Crippen LogP contribution in [0, 0.1) is 6.92 Å². The summed E-state index contributed by atoms with van der Waals surface area (Å²) in [5.74, 6) is 6.06. The van der Waals surface area contributed by atoms with E-state index in [2.05, 4.69) is 33.0 Å². The molecular formula is C22H24N6. The molecule has 0 atom stereocenters. The number of allylic oxidation sites excluding steroid dienone is 3. The molecule has 3 rings (SSSR count). The molecule has 0 aliphatic rings. The van der Waals surface area contributed by atoms with Crippen molar-refractivity contribution in [1.29, 1.82) is 0 Å². The van der Waals surface area contributed by atoms with Crippen LogP contribution >= 0.6 is 0 Å². The van der Waals surface area contributed by atoms with E-state index < -0.39 is 0 Å². The third kappa shape index (κ3) is 4.35. The first kappa shape index (κ1) is 19.1. The monoisotopic (exact) mass is 372 g/mol. The first-order chi connectivity index (χ1) is 13.6. The summed E-state index contributed by atoms with van der Waals surface area (Å²) in [6, 6.07) is 9.98. The Bertz CT molecular complexity index is 1060. The minimum atomic E-state index is 0.645. The number of nitrogens with one attached hydrogen (secondary N) is 1. The molecule has 28 heavy (non-hydrogen) atoms. The molecule has 0 aliphatic carbocycles. The zero-order valence-corrected chi connectivity index (χ0v) is 16.1. The van der Waals surface area contributed by atoms with E-state index in [9.17, 15) is 0 Å². The summed E-state index contributed by atoms with van der Waals surface area (Å²) in [6.07, 6.45) is 10.8. The normalized spacial score (nSPS) is 12.3. The molecule has 0 fully saturated rings. The fourth-order valence-corrected chi connectivity index (χ4v) is 2.80. The van der Waals surface area contributed by atoms with Gasteiger partial charge in [0.25, 0.3) is 0 Å². The SMILES string of the molecule is C=CC(/C=C/c1nn(N)c2cc(C)c(NCc3ccccn3)cc12)=N/C=C\C. The number of nitrogens with zero attached hydrogens (tertiary/aromatic N) is 4. The average molecular weight is 372 g/mol. The van der Waals surface area contributed by atoms with Crippen LogP contribution in [0.2, 0.25) is 0 Å². The summed E-state index contributed by atoms with van der Waals surface area (Å²) in [4.78, 5) is 10.1. The second kappa shape index (κ2) is 8.81. The van der Waals surface area contributed by atoms with Crippen LogP contribution in [0.15, 0.2) is 72.5 Å². The molecule has 0 bridgehead atoms. The summed E-state index contributed by atoms with van der Waals surface area (Å²) < 4.78 is 0. The highest BCUT2D eigenvalue weighted by atomic mass is 15.5. The Morgan fingerprint density at radius 2 is 2.21 bits per heavy atom. The molecule has 0 unspecified atom stereocenters. The zero-order valence-electron chi connectivity index (χ0n) is 16.1. The standard InChI is InChI=1S/C22H24N6/c1-4-11-24-17(5-2)9-10-20-19-14-21(16(3)13-22(19)28(23)27-20)26-15-18-8-6-7-12-25-18/h4-14,26H,2,15,23H2,1,3H3/b10-9+,11-4-,24-17-. The Labute approximate surface area is 164 Å². The number of benzene rings is 1. The molecule has 142 valence electrons. The molecular weight excluding hydrogens is 348 g/mol. The van der Waals surface area contributed by atoms with Crippen LogP contribution in [0.3, 0.4) is 0 Å². The van der Waals surface area contributed by atoms with Gasteiger partial charge in [-0.3, -0.25) is 9.98 Å². The lowest BCUT2D eigenvalue weighted by atomic mass is 10.1. The van der Waals surface area contributed by atoms with E-state index in [0.29, 0.717) is 6.54 Å². The van der Waals surface area contributed by atoms with Gasteiger partial charge in [0.2, 0.25) is 0 Å². The number of fused-ring (bicyclic) bond motifs is 1. The van der Waals surface area contributed by atoms with E-state index in [4.69, 9.17) is 5.84 Å². The Kier molecular flexibility index (Phi) is 6.01. The molecule has 0 saturated heterocycles. The number of rotatable bonds is 7. The Balaban J connectivity index is 1.93. The number of aliphatic imine (C=N–C) groups is 1. The molecule has 2 heterocycles. The van der Waals surface area contributed by atoms with Crippen molar-refractivity contribution >= 4 is 28.4 Å². The van der Waals surface area contributed by atoms with Crippen molar-refractivity contribution in [2.45, 2.75) is 20.4 Å². The van der Waals surface area contributed by atoms with Crippen molar-refractivity contribution in [1.82, 2.24) is 14.9 Å². The molecule has 1 aromatic carbocycles. The Morgan fingerprint density at radius 1 is 1.36 bits per heavy atom. The molecule has 6 nitrogen and oxygen atoms in total. The second-order valence-electron chi connectivity index (χ2n) is 6.26. The molecule has 0 aliphatic heterocycles. The van der Waals surface area contributed by atoms with E-state index >= 15 is 0 Å². The molecule has 3 N–H and O–H groups in total. The van der Waals surface area contributed by atoms with E-state index in [1.807, 2.05) is 56.3 Å². The van der Waals surface area contributed by atoms with Gasteiger partial charge in [-0.25, -0.2) is 0 Å². The molecule has 0 radical (unpaired) electrons. The summed E-state index contributed by atoms with van der Waals surface area (Å²) in [7, 11) is 0. The van der Waals surface area contributed by atoms with Gasteiger partial charge >= 0.3 is 0 Å². The minimum absolute atomic E-state index is 0.645. The lowest BCUT2D eigenvalue weighted by Crippen LogP contribution is -2.09. The van der Waals surface area contributed by atoms with E-state index in [0.717, 1.165) is 39.3 Å². The summed E-state index contributed by atoms with van der Waals surface area (Å²) in [5.41, 5.74) is 5.48. The first-order valence-corrected chi connectivity index (χ1v) is 9.04. The number of hydrogen-bond acceptors (Lipinski definition) is 5. The van der Waals surface area contributed by atoms with Gasteiger partial charge in [-0.15, -0.1) is 0 Å². The van der Waals surface area contributed by atoms with Crippen molar-refractivity contribution in [3.63, 3.8) is 0 Å². The number of nitrogens with two attached hydrogens (primary N) is 1. The first-order valence-electron chi connectivity index (χ1n) is 9.04. The quantitative estimate of drug-likeness (QED) is 0.480. The van der Waals surface area contributed by atoms with Crippen LogP contribution in [0.5, 0.6) is 0 Å². The lowest BCUT2D eigenvalue weighted by molar-refractivity contribution is 0.857. The molecule has 0 saturated carbocycles. The van der Waals surface area contributed by atoms with E-state index in [1.54, 1.807) is 18.5 Å². The van der Waals surface area contributed by atoms with E-state index in [-0.39, 0.29) is 0 Å². The number of pyridine rings is 1. The van der Waals surface area contributed by atoms with Gasteiger partial charge in [-0.05, 0) is 61.9 Å². The Morgan fingerprint density at radius 3 is 2.93 bits per heavy atom. The van der Waals surface area contributed by atoms with Gasteiger partial charge in [-0.1, -0.05) is 18.7 Å². The zero-order chi connectivity index (χ0) is 19.9. The smallest absolute Gasteiger partial charge is 0.0952 e. The maximum atomic E-state index is 6.06. The minimum Gasteiger partial charge on any atom is -0.379 e. The number of anilines is 1. The largest absolute Gasteiger partial charge is 0.379 e. The molecule has 0 amide bonds. The van der Waals surface area contributed by atoms with Gasteiger partial charge in [0.05, 0.1) is 29.2 Å². The van der Waals surface area contributed by atoms with Crippen LogP contribution in [0.4, 0.5) is 5.69 Å². The van der Waals surface area contributed by atoms with Gasteiger partial charge in [0.1, 0.15) is 0 Å². The number of nitrogen functional groups attached to an aromatic ring is 1. The number of aromatic nitrogens is 3. The van der Waals surface area contributed by atoms with Crippen molar-refractivity contribution < 1.29 is 0 Å². The fourth-order valence-electron chi connectivity index (χ4n) is 2.80. The topological polar surface area (TPSA) is 81.1 Å². The number of hydrogen-bond donors (Lipinski definition) is 2.